The molecule has 2 atom stereocenters. The first kappa shape index (κ1) is 19.3. The molecule has 0 aliphatic carbocycles. The van der Waals surface area contributed by atoms with Crippen molar-refractivity contribution in [1.29, 1.82) is 0 Å². The summed E-state index contributed by atoms with van der Waals surface area (Å²) in [4.78, 5) is 19.2. The van der Waals surface area contributed by atoms with E-state index >= 15 is 0 Å². The summed E-state index contributed by atoms with van der Waals surface area (Å²) in [5, 5.41) is 15.8. The molecule has 120 valence electrons. The molecule has 0 aromatic heterocycles. The molecule has 2 fully saturated rings. The number of ether oxygens (including phenoxy) is 3. The number of carbonyl (C=O) groups is 2. The van der Waals surface area contributed by atoms with Gasteiger partial charge in [0, 0.05) is 11.1 Å². The highest BCUT2D eigenvalue weighted by molar-refractivity contribution is 5.85. The monoisotopic (exact) mass is 302 g/mol. The molecular formula is C14H22O7. The zero-order chi connectivity index (χ0) is 16.4. The minimum atomic E-state index is -0.935. The van der Waals surface area contributed by atoms with Crippen LogP contribution in [0.25, 0.3) is 0 Å². The van der Waals surface area contributed by atoms with E-state index in [-0.39, 0.29) is 11.1 Å². The van der Waals surface area contributed by atoms with Gasteiger partial charge in [-0.15, -0.1) is 0 Å². The summed E-state index contributed by atoms with van der Waals surface area (Å²) < 4.78 is 15.1. The Morgan fingerprint density at radius 3 is 1.38 bits per heavy atom. The Morgan fingerprint density at radius 2 is 1.24 bits per heavy atom. The van der Waals surface area contributed by atoms with Crippen LogP contribution in [0.1, 0.15) is 13.8 Å². The molecular weight excluding hydrogens is 280 g/mol. The predicted molar refractivity (Wildman–Crippen MR) is 75.2 cm³/mol. The zero-order valence-electron chi connectivity index (χ0n) is 12.3. The Hall–Kier alpha value is -1.70. The maximum atomic E-state index is 9.60. The Labute approximate surface area is 123 Å². The van der Waals surface area contributed by atoms with Gasteiger partial charge in [0.25, 0.3) is 0 Å². The molecule has 0 spiro atoms. The SMILES string of the molecule is C(OCC1CO1)C1CO1.C=C(C)C(=O)O.C=C(C)C(=O)O. The first-order valence-electron chi connectivity index (χ1n) is 6.32. The van der Waals surface area contributed by atoms with Gasteiger partial charge >= 0.3 is 11.9 Å². The van der Waals surface area contributed by atoms with Crippen LogP contribution in [-0.4, -0.2) is 60.8 Å². The topological polar surface area (TPSA) is 109 Å². The van der Waals surface area contributed by atoms with E-state index in [0.29, 0.717) is 12.2 Å². The van der Waals surface area contributed by atoms with Gasteiger partial charge in [-0.25, -0.2) is 9.59 Å². The highest BCUT2D eigenvalue weighted by Crippen LogP contribution is 2.12. The molecule has 7 nitrogen and oxygen atoms in total. The van der Waals surface area contributed by atoms with Crippen LogP contribution in [-0.2, 0) is 23.8 Å². The number of hydrogen-bond donors (Lipinski definition) is 2. The second kappa shape index (κ2) is 10.1. The molecule has 0 aromatic carbocycles. The smallest absolute Gasteiger partial charge is 0.330 e. The van der Waals surface area contributed by atoms with Crippen molar-refractivity contribution in [3.8, 4) is 0 Å². The van der Waals surface area contributed by atoms with Crippen molar-refractivity contribution in [2.75, 3.05) is 26.4 Å². The van der Waals surface area contributed by atoms with E-state index in [2.05, 4.69) is 13.2 Å². The average molecular weight is 302 g/mol. The standard InChI is InChI=1S/C6H10O3.2C4H6O2/c1(5-3-8-5)7-2-6-4-9-6;2*1-3(2)4(5)6/h5-6H,1-4H2;2*1H2,2H3,(H,5,6). The molecule has 2 aliphatic heterocycles. The number of epoxide rings is 2. The van der Waals surface area contributed by atoms with Crippen LogP contribution in [0.5, 0.6) is 0 Å². The van der Waals surface area contributed by atoms with E-state index in [1.54, 1.807) is 0 Å². The molecule has 0 bridgehead atoms. The van der Waals surface area contributed by atoms with Crippen LogP contribution in [0.4, 0.5) is 0 Å². The maximum Gasteiger partial charge on any atom is 0.330 e. The van der Waals surface area contributed by atoms with Gasteiger partial charge in [0.15, 0.2) is 0 Å². The fourth-order valence-electron chi connectivity index (χ4n) is 0.659. The lowest BCUT2D eigenvalue weighted by Crippen LogP contribution is -2.06. The lowest BCUT2D eigenvalue weighted by molar-refractivity contribution is -0.133. The minimum absolute atomic E-state index is 0.176. The van der Waals surface area contributed by atoms with Gasteiger partial charge in [0.2, 0.25) is 0 Å². The second-order valence-corrected chi connectivity index (χ2v) is 4.62. The molecule has 2 unspecified atom stereocenters. The van der Waals surface area contributed by atoms with Gasteiger partial charge in [0.1, 0.15) is 12.2 Å². The molecule has 2 aliphatic rings. The van der Waals surface area contributed by atoms with Gasteiger partial charge in [-0.2, -0.15) is 0 Å². The molecule has 2 saturated heterocycles. The highest BCUT2D eigenvalue weighted by atomic mass is 16.6. The van der Waals surface area contributed by atoms with Crippen molar-refractivity contribution in [2.24, 2.45) is 0 Å². The average Bonchev–Trinajstić information content (AvgIpc) is 3.25. The molecule has 7 heteroatoms. The number of aliphatic carboxylic acids is 2. The first-order chi connectivity index (χ1) is 9.73. The van der Waals surface area contributed by atoms with E-state index < -0.39 is 11.9 Å². The molecule has 2 heterocycles. The summed E-state index contributed by atoms with van der Waals surface area (Å²) in [6.07, 6.45) is 0.785. The summed E-state index contributed by atoms with van der Waals surface area (Å²) in [5.74, 6) is -1.87. The third kappa shape index (κ3) is 14.5. The van der Waals surface area contributed by atoms with Crippen molar-refractivity contribution < 1.29 is 34.0 Å². The molecule has 2 N–H and O–H groups in total. The van der Waals surface area contributed by atoms with E-state index in [0.717, 1.165) is 26.4 Å². The summed E-state index contributed by atoms with van der Waals surface area (Å²) in [7, 11) is 0. The van der Waals surface area contributed by atoms with Crippen LogP contribution in [0.15, 0.2) is 24.3 Å². The van der Waals surface area contributed by atoms with E-state index in [4.69, 9.17) is 24.4 Å². The van der Waals surface area contributed by atoms with Crippen molar-refractivity contribution >= 4 is 11.9 Å². The number of carboxylic acids is 2. The van der Waals surface area contributed by atoms with Crippen molar-refractivity contribution in [1.82, 2.24) is 0 Å². The Balaban J connectivity index is 0.000000300. The predicted octanol–water partition coefficient (Wildman–Crippen LogP) is 1.09. The number of rotatable bonds is 6. The van der Waals surface area contributed by atoms with Crippen LogP contribution >= 0.6 is 0 Å². The molecule has 0 radical (unpaired) electrons. The molecule has 0 amide bonds. The Kier molecular flexibility index (Phi) is 9.27. The van der Waals surface area contributed by atoms with E-state index in [1.165, 1.54) is 13.8 Å². The van der Waals surface area contributed by atoms with Crippen LogP contribution in [0.3, 0.4) is 0 Å². The quantitative estimate of drug-likeness (QED) is 0.558. The fourth-order valence-corrected chi connectivity index (χ4v) is 0.659. The van der Waals surface area contributed by atoms with E-state index in [1.807, 2.05) is 0 Å². The highest BCUT2D eigenvalue weighted by Gasteiger charge is 2.26. The lowest BCUT2D eigenvalue weighted by atomic mass is 10.4. The molecule has 0 aromatic rings. The summed E-state index contributed by atoms with van der Waals surface area (Å²) in [6.45, 7) is 12.5. The van der Waals surface area contributed by atoms with Crippen LogP contribution in [0, 0.1) is 0 Å². The normalized spacial score (nSPS) is 20.9. The van der Waals surface area contributed by atoms with E-state index in [9.17, 15) is 9.59 Å². The summed E-state index contributed by atoms with van der Waals surface area (Å²) in [6, 6.07) is 0. The van der Waals surface area contributed by atoms with Gasteiger partial charge < -0.3 is 24.4 Å². The Bertz CT molecular complexity index is 321. The third-order valence-corrected chi connectivity index (χ3v) is 2.14. The third-order valence-electron chi connectivity index (χ3n) is 2.14. The molecule has 21 heavy (non-hydrogen) atoms. The summed E-state index contributed by atoms with van der Waals surface area (Å²) >= 11 is 0. The van der Waals surface area contributed by atoms with Crippen molar-refractivity contribution in [2.45, 2.75) is 26.1 Å². The number of carboxylic acid groups (broad SMARTS) is 2. The minimum Gasteiger partial charge on any atom is -0.478 e. The fraction of sp³-hybridized carbons (Fsp3) is 0.571. The van der Waals surface area contributed by atoms with Crippen molar-refractivity contribution in [3.63, 3.8) is 0 Å². The summed E-state index contributed by atoms with van der Waals surface area (Å²) in [5.41, 5.74) is 0.352. The maximum absolute atomic E-state index is 9.60. The van der Waals surface area contributed by atoms with Crippen molar-refractivity contribution in [3.05, 3.63) is 24.3 Å². The van der Waals surface area contributed by atoms with Gasteiger partial charge in [-0.05, 0) is 13.8 Å². The van der Waals surface area contributed by atoms with Gasteiger partial charge in [-0.1, -0.05) is 13.2 Å². The largest absolute Gasteiger partial charge is 0.478 e. The zero-order valence-corrected chi connectivity index (χ0v) is 12.3. The van der Waals surface area contributed by atoms with Crippen LogP contribution in [0.2, 0.25) is 0 Å². The molecule has 0 saturated carbocycles. The van der Waals surface area contributed by atoms with Gasteiger partial charge in [-0.3, -0.25) is 0 Å². The Morgan fingerprint density at radius 1 is 1.00 bits per heavy atom. The van der Waals surface area contributed by atoms with Gasteiger partial charge in [0.05, 0.1) is 26.4 Å². The first-order valence-corrected chi connectivity index (χ1v) is 6.32. The molecule has 2 rings (SSSR count). The number of hydrogen-bond acceptors (Lipinski definition) is 5. The lowest BCUT2D eigenvalue weighted by Gasteiger charge is -1.95. The van der Waals surface area contributed by atoms with Crippen LogP contribution < -0.4 is 0 Å². The second-order valence-electron chi connectivity index (χ2n) is 4.62.